The second kappa shape index (κ2) is 6.80. The molecular weight excluding hydrogens is 232 g/mol. The van der Waals surface area contributed by atoms with Crippen LogP contribution in [0.2, 0.25) is 0 Å². The van der Waals surface area contributed by atoms with Crippen molar-refractivity contribution in [2.24, 2.45) is 0 Å². The van der Waals surface area contributed by atoms with Gasteiger partial charge in [-0.1, -0.05) is 6.07 Å². The Kier molecular flexibility index (Phi) is 5.38. The van der Waals surface area contributed by atoms with Crippen molar-refractivity contribution in [1.29, 1.82) is 0 Å². The van der Waals surface area contributed by atoms with Crippen LogP contribution in [0.15, 0.2) is 18.2 Å². The Balaban J connectivity index is 2.72. The molecule has 0 bridgehead atoms. The van der Waals surface area contributed by atoms with Gasteiger partial charge in [0, 0.05) is 13.6 Å². The lowest BCUT2D eigenvalue weighted by Gasteiger charge is -2.12. The van der Waals surface area contributed by atoms with E-state index >= 15 is 0 Å². The van der Waals surface area contributed by atoms with Crippen LogP contribution in [0.25, 0.3) is 0 Å². The Hall–Kier alpha value is -1.82. The molecule has 0 spiro atoms. The molecule has 0 aliphatic carbocycles. The molecule has 6 nitrogen and oxygen atoms in total. The highest BCUT2D eigenvalue weighted by atomic mass is 16.6. The van der Waals surface area contributed by atoms with Crippen molar-refractivity contribution in [3.05, 3.63) is 28.3 Å². The fraction of sp³-hybridized carbons (Fsp3) is 0.500. The topological polar surface area (TPSA) is 70.4 Å². The van der Waals surface area contributed by atoms with Crippen LogP contribution >= 0.6 is 0 Å². The molecule has 0 unspecified atom stereocenters. The SMILES string of the molecule is CNc1cccc(NCCCN(C)C)c1[N+](=O)[O-]. The molecule has 18 heavy (non-hydrogen) atoms. The van der Waals surface area contributed by atoms with Crippen LogP contribution in [0, 0.1) is 10.1 Å². The zero-order valence-corrected chi connectivity index (χ0v) is 11.1. The smallest absolute Gasteiger partial charge is 0.315 e. The van der Waals surface area contributed by atoms with Crippen LogP contribution in [0.1, 0.15) is 6.42 Å². The first-order valence-corrected chi connectivity index (χ1v) is 5.90. The highest BCUT2D eigenvalue weighted by Gasteiger charge is 2.18. The number of nitro groups is 1. The molecule has 0 aromatic heterocycles. The molecule has 0 amide bonds. The Morgan fingerprint density at radius 2 is 2.00 bits per heavy atom. The summed E-state index contributed by atoms with van der Waals surface area (Å²) in [7, 11) is 5.69. The van der Waals surface area contributed by atoms with E-state index in [0.717, 1.165) is 13.0 Å². The minimum absolute atomic E-state index is 0.102. The lowest BCUT2D eigenvalue weighted by Crippen LogP contribution is -2.16. The van der Waals surface area contributed by atoms with E-state index < -0.39 is 0 Å². The molecule has 1 aromatic carbocycles. The average molecular weight is 252 g/mol. The Morgan fingerprint density at radius 1 is 1.33 bits per heavy atom. The van der Waals surface area contributed by atoms with Crippen molar-refractivity contribution < 1.29 is 4.92 Å². The average Bonchev–Trinajstić information content (AvgIpc) is 2.33. The zero-order valence-electron chi connectivity index (χ0n) is 11.1. The number of nitrogens with one attached hydrogen (secondary N) is 2. The van der Waals surface area contributed by atoms with E-state index in [1.807, 2.05) is 14.1 Å². The summed E-state index contributed by atoms with van der Waals surface area (Å²) in [5.74, 6) is 0. The van der Waals surface area contributed by atoms with Crippen LogP contribution in [0.3, 0.4) is 0 Å². The first kappa shape index (κ1) is 14.2. The van der Waals surface area contributed by atoms with Gasteiger partial charge in [0.15, 0.2) is 0 Å². The highest BCUT2D eigenvalue weighted by molar-refractivity contribution is 5.75. The number of para-hydroxylation sites is 1. The lowest BCUT2D eigenvalue weighted by atomic mass is 10.2. The predicted octanol–water partition coefficient (Wildman–Crippen LogP) is 2.00. The van der Waals surface area contributed by atoms with Gasteiger partial charge in [0.05, 0.1) is 4.92 Å². The molecule has 0 radical (unpaired) electrons. The number of rotatable bonds is 7. The number of nitro benzene ring substituents is 1. The van der Waals surface area contributed by atoms with Crippen molar-refractivity contribution in [2.45, 2.75) is 6.42 Å². The van der Waals surface area contributed by atoms with Gasteiger partial charge in [-0.2, -0.15) is 0 Å². The molecule has 1 rings (SSSR count). The number of nitrogens with zero attached hydrogens (tertiary/aromatic N) is 2. The van der Waals surface area contributed by atoms with Gasteiger partial charge in [-0.05, 0) is 39.2 Å². The van der Waals surface area contributed by atoms with Gasteiger partial charge >= 0.3 is 5.69 Å². The van der Waals surface area contributed by atoms with E-state index in [4.69, 9.17) is 0 Å². The van der Waals surface area contributed by atoms with Gasteiger partial charge in [-0.25, -0.2) is 0 Å². The number of hydrogen-bond donors (Lipinski definition) is 2. The van der Waals surface area contributed by atoms with Gasteiger partial charge in [-0.15, -0.1) is 0 Å². The second-order valence-electron chi connectivity index (χ2n) is 4.29. The van der Waals surface area contributed by atoms with E-state index in [-0.39, 0.29) is 10.6 Å². The molecule has 0 fully saturated rings. The molecule has 1 aromatic rings. The lowest BCUT2D eigenvalue weighted by molar-refractivity contribution is -0.383. The molecule has 6 heteroatoms. The summed E-state index contributed by atoms with van der Waals surface area (Å²) >= 11 is 0. The van der Waals surface area contributed by atoms with Gasteiger partial charge in [0.2, 0.25) is 0 Å². The first-order chi connectivity index (χ1) is 8.56. The van der Waals surface area contributed by atoms with Crippen molar-refractivity contribution in [3.63, 3.8) is 0 Å². The highest BCUT2D eigenvalue weighted by Crippen LogP contribution is 2.32. The second-order valence-corrected chi connectivity index (χ2v) is 4.29. The Bertz CT molecular complexity index is 407. The fourth-order valence-electron chi connectivity index (χ4n) is 1.70. The van der Waals surface area contributed by atoms with E-state index in [0.29, 0.717) is 17.9 Å². The normalized spacial score (nSPS) is 10.4. The van der Waals surface area contributed by atoms with Crippen molar-refractivity contribution in [3.8, 4) is 0 Å². The third kappa shape index (κ3) is 3.89. The van der Waals surface area contributed by atoms with Crippen LogP contribution in [-0.2, 0) is 0 Å². The molecule has 0 aliphatic rings. The van der Waals surface area contributed by atoms with E-state index in [9.17, 15) is 10.1 Å². The molecular formula is C12H20N4O2. The maximum atomic E-state index is 11.1. The summed E-state index contributed by atoms with van der Waals surface area (Å²) in [5.41, 5.74) is 1.19. The van der Waals surface area contributed by atoms with E-state index in [2.05, 4.69) is 15.5 Å². The third-order valence-electron chi connectivity index (χ3n) is 2.59. The summed E-state index contributed by atoms with van der Waals surface area (Å²) in [6, 6.07) is 5.23. The first-order valence-electron chi connectivity index (χ1n) is 5.90. The maximum Gasteiger partial charge on any atom is 0.315 e. The van der Waals surface area contributed by atoms with E-state index in [1.54, 1.807) is 25.2 Å². The molecule has 0 saturated heterocycles. The Morgan fingerprint density at radius 3 is 2.56 bits per heavy atom. The molecule has 100 valence electrons. The summed E-state index contributed by atoms with van der Waals surface area (Å²) in [6.07, 6.45) is 0.938. The summed E-state index contributed by atoms with van der Waals surface area (Å²) in [4.78, 5) is 12.8. The monoisotopic (exact) mass is 252 g/mol. The minimum Gasteiger partial charge on any atom is -0.382 e. The minimum atomic E-state index is -0.361. The van der Waals surface area contributed by atoms with Crippen LogP contribution in [-0.4, -0.2) is 44.1 Å². The number of hydrogen-bond acceptors (Lipinski definition) is 5. The van der Waals surface area contributed by atoms with Crippen molar-refractivity contribution in [2.75, 3.05) is 44.9 Å². The number of benzene rings is 1. The van der Waals surface area contributed by atoms with Gasteiger partial charge in [0.25, 0.3) is 0 Å². The third-order valence-corrected chi connectivity index (χ3v) is 2.59. The van der Waals surface area contributed by atoms with Crippen molar-refractivity contribution >= 4 is 17.1 Å². The number of anilines is 2. The quantitative estimate of drug-likeness (QED) is 0.441. The largest absolute Gasteiger partial charge is 0.382 e. The fourth-order valence-corrected chi connectivity index (χ4v) is 1.70. The van der Waals surface area contributed by atoms with E-state index in [1.165, 1.54) is 0 Å². The predicted molar refractivity (Wildman–Crippen MR) is 74.3 cm³/mol. The van der Waals surface area contributed by atoms with Crippen LogP contribution in [0.5, 0.6) is 0 Å². The van der Waals surface area contributed by atoms with Gasteiger partial charge in [-0.3, -0.25) is 10.1 Å². The Labute approximate surface area is 107 Å². The molecule has 0 aliphatic heterocycles. The van der Waals surface area contributed by atoms with Crippen molar-refractivity contribution in [1.82, 2.24) is 4.90 Å². The summed E-state index contributed by atoms with van der Waals surface area (Å²) < 4.78 is 0. The van der Waals surface area contributed by atoms with Gasteiger partial charge < -0.3 is 15.5 Å². The molecule has 0 saturated carbocycles. The maximum absolute atomic E-state index is 11.1. The van der Waals surface area contributed by atoms with Crippen LogP contribution in [0.4, 0.5) is 17.1 Å². The molecule has 2 N–H and O–H groups in total. The molecule has 0 atom stereocenters. The standard InChI is InChI=1S/C12H20N4O2/c1-13-10-6-4-7-11(12(10)16(17)18)14-8-5-9-15(2)3/h4,6-7,13-14H,5,8-9H2,1-3H3. The van der Waals surface area contributed by atoms with Gasteiger partial charge in [0.1, 0.15) is 11.4 Å². The van der Waals surface area contributed by atoms with Crippen LogP contribution < -0.4 is 10.6 Å². The summed E-state index contributed by atoms with van der Waals surface area (Å²) in [6.45, 7) is 1.67. The zero-order chi connectivity index (χ0) is 13.5. The molecule has 0 heterocycles. The summed E-state index contributed by atoms with van der Waals surface area (Å²) in [5, 5.41) is 17.0.